The zero-order valence-electron chi connectivity index (χ0n) is 11.1. The normalized spacial score (nSPS) is 32.9. The third-order valence-corrected chi connectivity index (χ3v) is 4.64. The third kappa shape index (κ3) is 2.17. The first-order valence-electron chi connectivity index (χ1n) is 6.80. The van der Waals surface area contributed by atoms with E-state index in [2.05, 4.69) is 23.8 Å². The molecule has 98 valence electrons. The van der Waals surface area contributed by atoms with E-state index in [1.807, 2.05) is 12.1 Å². The smallest absolute Gasteiger partial charge is 0.123 e. The predicted octanol–water partition coefficient (Wildman–Crippen LogP) is 2.21. The lowest BCUT2D eigenvalue weighted by Gasteiger charge is -2.25. The van der Waals surface area contributed by atoms with Gasteiger partial charge >= 0.3 is 0 Å². The number of fused-ring (bicyclic) bond motifs is 1. The highest BCUT2D eigenvalue weighted by Crippen LogP contribution is 2.36. The molecular weight excluding hydrogens is 227 g/mol. The summed E-state index contributed by atoms with van der Waals surface area (Å²) in [5.74, 6) is 1.49. The van der Waals surface area contributed by atoms with Gasteiger partial charge in [0, 0.05) is 32.2 Å². The maximum absolute atomic E-state index is 12.9. The first-order chi connectivity index (χ1) is 8.63. The molecule has 0 spiro atoms. The highest BCUT2D eigenvalue weighted by Gasteiger charge is 2.43. The maximum Gasteiger partial charge on any atom is 0.123 e. The van der Waals surface area contributed by atoms with Gasteiger partial charge in [-0.1, -0.05) is 12.1 Å². The summed E-state index contributed by atoms with van der Waals surface area (Å²) in [5, 5.41) is 0. The molecule has 2 fully saturated rings. The fourth-order valence-corrected chi connectivity index (χ4v) is 3.63. The predicted molar refractivity (Wildman–Crippen MR) is 70.7 cm³/mol. The first kappa shape index (κ1) is 12.1. The van der Waals surface area contributed by atoms with Crippen LogP contribution in [-0.4, -0.2) is 42.5 Å². The molecule has 0 N–H and O–H groups in total. The van der Waals surface area contributed by atoms with E-state index < -0.39 is 0 Å². The van der Waals surface area contributed by atoms with Crippen LogP contribution in [0.3, 0.4) is 0 Å². The average molecular weight is 248 g/mol. The monoisotopic (exact) mass is 248 g/mol. The van der Waals surface area contributed by atoms with Gasteiger partial charge in [-0.2, -0.15) is 0 Å². The molecule has 2 saturated heterocycles. The van der Waals surface area contributed by atoms with Crippen LogP contribution in [-0.2, 0) is 6.54 Å². The average Bonchev–Trinajstić information content (AvgIpc) is 2.82. The van der Waals surface area contributed by atoms with Gasteiger partial charge in [-0.25, -0.2) is 4.39 Å². The van der Waals surface area contributed by atoms with Crippen molar-refractivity contribution in [2.75, 3.05) is 26.7 Å². The molecule has 2 aliphatic heterocycles. The molecule has 2 aliphatic rings. The van der Waals surface area contributed by atoms with Crippen LogP contribution < -0.4 is 0 Å². The molecule has 0 saturated carbocycles. The molecule has 3 unspecified atom stereocenters. The Bertz CT molecular complexity index is 417. The van der Waals surface area contributed by atoms with Crippen LogP contribution in [0.5, 0.6) is 0 Å². The standard InChI is InChI=1S/C15H21FN2/c1-11-15-10-17(2)8-13(15)9-18(11)7-12-3-5-14(16)6-4-12/h3-6,11,13,15H,7-10H2,1-2H3. The fraction of sp³-hybridized carbons (Fsp3) is 0.600. The largest absolute Gasteiger partial charge is 0.306 e. The summed E-state index contributed by atoms with van der Waals surface area (Å²) < 4.78 is 12.9. The molecule has 0 aromatic heterocycles. The Morgan fingerprint density at radius 1 is 1.17 bits per heavy atom. The lowest BCUT2D eigenvalue weighted by Crippen LogP contribution is -2.33. The van der Waals surface area contributed by atoms with Gasteiger partial charge < -0.3 is 4.90 Å². The van der Waals surface area contributed by atoms with Gasteiger partial charge in [-0.15, -0.1) is 0 Å². The highest BCUT2D eigenvalue weighted by atomic mass is 19.1. The molecule has 2 heterocycles. The van der Waals surface area contributed by atoms with Crippen molar-refractivity contribution in [2.45, 2.75) is 19.5 Å². The highest BCUT2D eigenvalue weighted by molar-refractivity contribution is 5.16. The van der Waals surface area contributed by atoms with Gasteiger partial charge in [-0.3, -0.25) is 4.90 Å². The van der Waals surface area contributed by atoms with Gasteiger partial charge in [0.1, 0.15) is 5.82 Å². The second kappa shape index (κ2) is 4.63. The lowest BCUT2D eigenvalue weighted by molar-refractivity contribution is 0.210. The van der Waals surface area contributed by atoms with E-state index in [0.717, 1.165) is 18.4 Å². The SMILES string of the molecule is CC1C2CN(C)CC2CN1Cc1ccc(F)cc1. The van der Waals surface area contributed by atoms with Crippen LogP contribution in [0.25, 0.3) is 0 Å². The van der Waals surface area contributed by atoms with Gasteiger partial charge in [0.2, 0.25) is 0 Å². The molecule has 3 heteroatoms. The van der Waals surface area contributed by atoms with E-state index in [4.69, 9.17) is 0 Å². The minimum atomic E-state index is -0.147. The van der Waals surface area contributed by atoms with Crippen LogP contribution in [0.4, 0.5) is 4.39 Å². The fourth-order valence-electron chi connectivity index (χ4n) is 3.63. The van der Waals surface area contributed by atoms with Crippen LogP contribution in [0, 0.1) is 17.7 Å². The minimum Gasteiger partial charge on any atom is -0.306 e. The van der Waals surface area contributed by atoms with Crippen LogP contribution in [0.2, 0.25) is 0 Å². The molecule has 3 rings (SSSR count). The molecule has 3 atom stereocenters. The summed E-state index contributed by atoms with van der Waals surface area (Å²) in [6.45, 7) is 6.94. The van der Waals surface area contributed by atoms with E-state index >= 15 is 0 Å². The van der Waals surface area contributed by atoms with Crippen molar-refractivity contribution < 1.29 is 4.39 Å². The number of rotatable bonds is 2. The van der Waals surface area contributed by atoms with Crippen molar-refractivity contribution in [3.8, 4) is 0 Å². The van der Waals surface area contributed by atoms with Crippen molar-refractivity contribution in [3.05, 3.63) is 35.6 Å². The van der Waals surface area contributed by atoms with E-state index in [1.54, 1.807) is 12.1 Å². The molecule has 0 aliphatic carbocycles. The maximum atomic E-state index is 12.9. The molecule has 18 heavy (non-hydrogen) atoms. The molecule has 0 amide bonds. The zero-order valence-corrected chi connectivity index (χ0v) is 11.1. The summed E-state index contributed by atoms with van der Waals surface area (Å²) in [7, 11) is 2.22. The van der Waals surface area contributed by atoms with Gasteiger partial charge in [0.05, 0.1) is 0 Å². The zero-order chi connectivity index (χ0) is 12.7. The first-order valence-corrected chi connectivity index (χ1v) is 6.80. The molecule has 2 nitrogen and oxygen atoms in total. The van der Waals surface area contributed by atoms with Crippen LogP contribution in [0.1, 0.15) is 12.5 Å². The summed E-state index contributed by atoms with van der Waals surface area (Å²) in [6.07, 6.45) is 0. The second-order valence-electron chi connectivity index (χ2n) is 5.94. The molecule has 1 aromatic rings. The van der Waals surface area contributed by atoms with Gasteiger partial charge in [-0.05, 0) is 43.5 Å². The number of halogens is 1. The van der Waals surface area contributed by atoms with Crippen LogP contribution >= 0.6 is 0 Å². The van der Waals surface area contributed by atoms with Crippen molar-refractivity contribution in [2.24, 2.45) is 11.8 Å². The lowest BCUT2D eigenvalue weighted by atomic mass is 9.95. The molecule has 0 radical (unpaired) electrons. The Morgan fingerprint density at radius 3 is 2.56 bits per heavy atom. The third-order valence-electron chi connectivity index (χ3n) is 4.64. The van der Waals surface area contributed by atoms with E-state index in [0.29, 0.717) is 6.04 Å². The Kier molecular flexibility index (Phi) is 3.12. The molecule has 0 bridgehead atoms. The molecular formula is C15H21FN2. The topological polar surface area (TPSA) is 6.48 Å². The summed E-state index contributed by atoms with van der Waals surface area (Å²) in [5.41, 5.74) is 1.22. The van der Waals surface area contributed by atoms with Crippen molar-refractivity contribution in [1.82, 2.24) is 9.80 Å². The Morgan fingerprint density at radius 2 is 1.89 bits per heavy atom. The number of likely N-dealkylation sites (tertiary alicyclic amines) is 2. The minimum absolute atomic E-state index is 0.147. The van der Waals surface area contributed by atoms with Gasteiger partial charge in [0.15, 0.2) is 0 Å². The Balaban J connectivity index is 1.67. The number of hydrogen-bond acceptors (Lipinski definition) is 2. The van der Waals surface area contributed by atoms with Crippen molar-refractivity contribution in [1.29, 1.82) is 0 Å². The summed E-state index contributed by atoms with van der Waals surface area (Å²) >= 11 is 0. The Hall–Kier alpha value is -0.930. The van der Waals surface area contributed by atoms with Crippen molar-refractivity contribution in [3.63, 3.8) is 0 Å². The number of benzene rings is 1. The summed E-state index contributed by atoms with van der Waals surface area (Å²) in [4.78, 5) is 5.00. The van der Waals surface area contributed by atoms with E-state index in [-0.39, 0.29) is 5.82 Å². The number of hydrogen-bond donors (Lipinski definition) is 0. The quantitative estimate of drug-likeness (QED) is 0.792. The van der Waals surface area contributed by atoms with Gasteiger partial charge in [0.25, 0.3) is 0 Å². The molecule has 1 aromatic carbocycles. The van der Waals surface area contributed by atoms with Crippen LogP contribution in [0.15, 0.2) is 24.3 Å². The Labute approximate surface area is 108 Å². The van der Waals surface area contributed by atoms with E-state index in [9.17, 15) is 4.39 Å². The summed E-state index contributed by atoms with van der Waals surface area (Å²) in [6, 6.07) is 7.57. The second-order valence-corrected chi connectivity index (χ2v) is 5.94. The van der Waals surface area contributed by atoms with E-state index in [1.165, 1.54) is 25.2 Å². The number of nitrogens with zero attached hydrogens (tertiary/aromatic N) is 2. The van der Waals surface area contributed by atoms with Crippen molar-refractivity contribution >= 4 is 0 Å².